The average molecular weight is 417 g/mol. The summed E-state index contributed by atoms with van der Waals surface area (Å²) in [6, 6.07) is 0.919. The van der Waals surface area contributed by atoms with Crippen molar-refractivity contribution >= 4 is 17.6 Å². The number of anilines is 1. The monoisotopic (exact) mass is 417 g/mol. The van der Waals surface area contributed by atoms with Crippen molar-refractivity contribution in [1.29, 1.82) is 0 Å². The number of likely N-dealkylation sites (tertiary alicyclic amines) is 1. The fourth-order valence-corrected chi connectivity index (χ4v) is 3.63. The quantitative estimate of drug-likeness (QED) is 0.597. The number of nitrogens with zero attached hydrogens (tertiary/aromatic N) is 2. The van der Waals surface area contributed by atoms with Crippen LogP contribution in [0.1, 0.15) is 37.7 Å². The Morgan fingerprint density at radius 2 is 1.86 bits per heavy atom. The topological polar surface area (TPSA) is 62.3 Å². The summed E-state index contributed by atoms with van der Waals surface area (Å²) in [6.45, 7) is 3.94. The van der Waals surface area contributed by atoms with E-state index >= 15 is 0 Å². The van der Waals surface area contributed by atoms with Crippen molar-refractivity contribution < 1.29 is 31.5 Å². The highest BCUT2D eigenvalue weighted by Crippen LogP contribution is 2.38. The number of alkyl halides is 5. The Balaban J connectivity index is 1.67. The summed E-state index contributed by atoms with van der Waals surface area (Å²) in [5.41, 5.74) is -0.310. The van der Waals surface area contributed by atoms with Crippen LogP contribution in [0.3, 0.4) is 0 Å². The van der Waals surface area contributed by atoms with E-state index < -0.39 is 35.5 Å². The van der Waals surface area contributed by atoms with E-state index in [0.29, 0.717) is 11.8 Å². The zero-order chi connectivity index (χ0) is 21.4. The van der Waals surface area contributed by atoms with E-state index in [9.17, 15) is 31.5 Å². The van der Waals surface area contributed by atoms with Gasteiger partial charge in [0, 0.05) is 31.5 Å². The van der Waals surface area contributed by atoms with Gasteiger partial charge >= 0.3 is 6.18 Å². The number of hydrogen-bond acceptors (Lipinski definition) is 3. The number of aromatic nitrogens is 1. The first-order valence-electron chi connectivity index (χ1n) is 9.15. The molecule has 2 amide bonds. The van der Waals surface area contributed by atoms with Crippen LogP contribution in [-0.2, 0) is 15.8 Å². The van der Waals surface area contributed by atoms with E-state index in [1.165, 1.54) is 4.90 Å². The Morgan fingerprint density at radius 1 is 1.21 bits per heavy atom. The van der Waals surface area contributed by atoms with Crippen LogP contribution in [0.25, 0.3) is 0 Å². The molecule has 1 saturated heterocycles. The van der Waals surface area contributed by atoms with E-state index in [1.807, 2.05) is 0 Å². The molecule has 2 aliphatic rings. The molecular formula is C19H20F5N3O2. The fraction of sp³-hybridized carbons (Fsp3) is 0.526. The minimum Gasteiger partial charge on any atom is -0.326 e. The molecule has 0 spiro atoms. The molecular weight excluding hydrogens is 397 g/mol. The molecule has 2 heterocycles. The van der Waals surface area contributed by atoms with Gasteiger partial charge in [-0.05, 0) is 31.4 Å². The Morgan fingerprint density at radius 3 is 2.41 bits per heavy atom. The van der Waals surface area contributed by atoms with Gasteiger partial charge in [0.05, 0.1) is 5.56 Å². The first-order chi connectivity index (χ1) is 13.5. The molecule has 0 radical (unpaired) electrons. The smallest absolute Gasteiger partial charge is 0.326 e. The molecule has 1 aliphatic heterocycles. The highest BCUT2D eigenvalue weighted by molar-refractivity contribution is 5.97. The van der Waals surface area contributed by atoms with Crippen molar-refractivity contribution in [2.75, 3.05) is 11.9 Å². The van der Waals surface area contributed by atoms with Crippen LogP contribution in [0.5, 0.6) is 0 Å². The summed E-state index contributed by atoms with van der Waals surface area (Å²) in [6.07, 6.45) is -4.39. The third-order valence-electron chi connectivity index (χ3n) is 5.25. The van der Waals surface area contributed by atoms with Gasteiger partial charge in [-0.1, -0.05) is 12.2 Å². The summed E-state index contributed by atoms with van der Waals surface area (Å²) in [5, 5.41) is 2.41. The summed E-state index contributed by atoms with van der Waals surface area (Å²) >= 11 is 0. The second kappa shape index (κ2) is 7.72. The van der Waals surface area contributed by atoms with Crippen molar-refractivity contribution in [3.63, 3.8) is 0 Å². The summed E-state index contributed by atoms with van der Waals surface area (Å²) in [7, 11) is 0. The third kappa shape index (κ3) is 4.91. The predicted octanol–water partition coefficient (Wildman–Crippen LogP) is 4.02. The zero-order valence-corrected chi connectivity index (χ0v) is 15.4. The van der Waals surface area contributed by atoms with Gasteiger partial charge in [0.15, 0.2) is 0 Å². The van der Waals surface area contributed by atoms with Gasteiger partial charge in [-0.3, -0.25) is 9.59 Å². The maximum absolute atomic E-state index is 13.3. The van der Waals surface area contributed by atoms with Crippen LogP contribution in [-0.4, -0.2) is 40.2 Å². The second-order valence-corrected chi connectivity index (χ2v) is 7.49. The van der Waals surface area contributed by atoms with E-state index in [-0.39, 0.29) is 50.4 Å². The minimum atomic E-state index is -4.54. The molecule has 29 heavy (non-hydrogen) atoms. The molecule has 1 saturated carbocycles. The number of hydrogen-bond donors (Lipinski definition) is 1. The number of pyridine rings is 1. The first-order valence-corrected chi connectivity index (χ1v) is 9.15. The van der Waals surface area contributed by atoms with Gasteiger partial charge < -0.3 is 10.2 Å². The van der Waals surface area contributed by atoms with Gasteiger partial charge in [-0.15, -0.1) is 0 Å². The van der Waals surface area contributed by atoms with Crippen LogP contribution in [0.4, 0.5) is 27.8 Å². The van der Waals surface area contributed by atoms with Crippen molar-refractivity contribution in [3.05, 3.63) is 36.0 Å². The van der Waals surface area contributed by atoms with Crippen molar-refractivity contribution in [3.8, 4) is 0 Å². The molecule has 10 heteroatoms. The summed E-state index contributed by atoms with van der Waals surface area (Å²) in [4.78, 5) is 30.3. The van der Waals surface area contributed by atoms with Crippen molar-refractivity contribution in [2.45, 2.75) is 50.2 Å². The maximum Gasteiger partial charge on any atom is 0.417 e. The molecule has 0 aromatic carbocycles. The molecule has 1 unspecified atom stereocenters. The normalized spacial score (nSPS) is 22.6. The van der Waals surface area contributed by atoms with Crippen LogP contribution in [0.15, 0.2) is 30.5 Å². The number of carbonyl (C=O) groups excluding carboxylic acids is 2. The lowest BCUT2D eigenvalue weighted by Gasteiger charge is -2.32. The number of amides is 2. The Kier molecular flexibility index (Phi) is 5.64. The zero-order valence-electron chi connectivity index (χ0n) is 15.4. The van der Waals surface area contributed by atoms with Crippen LogP contribution in [0.2, 0.25) is 0 Å². The van der Waals surface area contributed by atoms with Gasteiger partial charge in [0.1, 0.15) is 11.9 Å². The largest absolute Gasteiger partial charge is 0.417 e. The number of nitrogens with one attached hydrogen (secondary N) is 1. The fourth-order valence-electron chi connectivity index (χ4n) is 3.63. The van der Waals surface area contributed by atoms with Crippen molar-refractivity contribution in [1.82, 2.24) is 9.88 Å². The van der Waals surface area contributed by atoms with E-state index in [2.05, 4.69) is 16.9 Å². The molecule has 5 nitrogen and oxygen atoms in total. The molecule has 2 fully saturated rings. The number of rotatable bonds is 3. The highest BCUT2D eigenvalue weighted by Gasteiger charge is 2.43. The number of carbonyl (C=O) groups is 2. The maximum atomic E-state index is 13.3. The Hall–Kier alpha value is -2.52. The SMILES string of the molecule is C=C1CC(C(=O)Nc2ccc(C(F)(F)F)cn2)N(C(=O)C2CCC(F)(F)CC2)C1. The molecule has 1 aromatic rings. The highest BCUT2D eigenvalue weighted by atomic mass is 19.4. The lowest BCUT2D eigenvalue weighted by molar-refractivity contribution is -0.143. The lowest BCUT2D eigenvalue weighted by atomic mass is 9.85. The van der Waals surface area contributed by atoms with Crippen LogP contribution < -0.4 is 5.32 Å². The van der Waals surface area contributed by atoms with Gasteiger partial charge in [-0.25, -0.2) is 13.8 Å². The Bertz CT molecular complexity index is 797. The molecule has 1 atom stereocenters. The summed E-state index contributed by atoms with van der Waals surface area (Å²) in [5.74, 6) is -4.41. The standard InChI is InChI=1S/C19H20F5N3O2/c1-11-8-14(16(28)26-15-3-2-13(9-25-15)19(22,23)24)27(10-11)17(29)12-4-6-18(20,21)7-5-12/h2-3,9,12,14H,1,4-8,10H2,(H,25,26,28). The second-order valence-electron chi connectivity index (χ2n) is 7.49. The molecule has 0 bridgehead atoms. The van der Waals surface area contributed by atoms with Crippen molar-refractivity contribution in [2.24, 2.45) is 5.92 Å². The predicted molar refractivity (Wildman–Crippen MR) is 94.0 cm³/mol. The van der Waals surface area contributed by atoms with E-state index in [4.69, 9.17) is 0 Å². The average Bonchev–Trinajstić information content (AvgIpc) is 3.03. The molecule has 1 aromatic heterocycles. The van der Waals surface area contributed by atoms with Crippen LogP contribution in [0, 0.1) is 5.92 Å². The van der Waals surface area contributed by atoms with E-state index in [0.717, 1.165) is 12.1 Å². The van der Waals surface area contributed by atoms with E-state index in [1.54, 1.807) is 0 Å². The molecule has 158 valence electrons. The number of halogens is 5. The Labute approximate surface area is 164 Å². The molecule has 3 rings (SSSR count). The van der Waals surface area contributed by atoms with Crippen LogP contribution >= 0.6 is 0 Å². The van der Waals surface area contributed by atoms with Gasteiger partial charge in [0.2, 0.25) is 17.7 Å². The molecule has 1 N–H and O–H groups in total. The minimum absolute atomic E-state index is 0.0452. The lowest BCUT2D eigenvalue weighted by Crippen LogP contribution is -2.46. The van der Waals surface area contributed by atoms with Gasteiger partial charge in [0.25, 0.3) is 0 Å². The first kappa shape index (κ1) is 21.2. The molecule has 1 aliphatic carbocycles. The summed E-state index contributed by atoms with van der Waals surface area (Å²) < 4.78 is 64.5. The van der Waals surface area contributed by atoms with Gasteiger partial charge in [-0.2, -0.15) is 13.2 Å². The third-order valence-corrected chi connectivity index (χ3v) is 5.25.